The molecule has 17 N–H and O–H groups in total. The molecule has 0 aromatic heterocycles. The van der Waals surface area contributed by atoms with Gasteiger partial charge in [-0.15, -0.1) is 0 Å². The van der Waals surface area contributed by atoms with Crippen LogP contribution < -0.4 is 28.3 Å². The number of aliphatic hydroxyl groups excluding tert-OH is 7. The van der Waals surface area contributed by atoms with Gasteiger partial charge in [-0.1, -0.05) is 0 Å². The van der Waals surface area contributed by atoms with Crippen LogP contribution in [0.15, 0.2) is 0 Å². The minimum absolute atomic E-state index is 0.0640. The second-order valence-electron chi connectivity index (χ2n) is 10.1. The summed E-state index contributed by atoms with van der Waals surface area (Å²) in [5.41, 5.74) is 23.0. The number of amides is 2. The highest BCUT2D eigenvalue weighted by molar-refractivity contribution is 5.73. The normalized spacial score (nSPS) is 46.1. The van der Waals surface area contributed by atoms with Gasteiger partial charge < -0.3 is 82.9 Å². The van der Waals surface area contributed by atoms with E-state index in [2.05, 4.69) is 5.32 Å². The first-order chi connectivity index (χ1) is 18.9. The number of hydrogen-bond donors (Lipinski definition) is 13. The molecule has 0 aromatic rings. The van der Waals surface area contributed by atoms with E-state index >= 15 is 0 Å². The minimum atomic E-state index is -1.76. The van der Waals surface area contributed by atoms with Gasteiger partial charge in [0.15, 0.2) is 12.6 Å². The lowest BCUT2D eigenvalue weighted by molar-refractivity contribution is -0.332. The molecule has 3 fully saturated rings. The third kappa shape index (κ3) is 6.98. The van der Waals surface area contributed by atoms with Crippen LogP contribution in [-0.4, -0.2) is 170 Å². The summed E-state index contributed by atoms with van der Waals surface area (Å²) in [5.74, 6) is 0. The smallest absolute Gasteiger partial charge is 0.341 e. The highest BCUT2D eigenvalue weighted by atomic mass is 16.7. The van der Waals surface area contributed by atoms with Crippen LogP contribution in [0.1, 0.15) is 6.42 Å². The monoisotopic (exact) mass is 586 g/mol. The van der Waals surface area contributed by atoms with Gasteiger partial charge in [0.2, 0.25) is 0 Å². The molecule has 0 spiro atoms. The van der Waals surface area contributed by atoms with Gasteiger partial charge in [-0.2, -0.15) is 0 Å². The average Bonchev–Trinajstić information content (AvgIpc) is 2.92. The molecular weight excluding hydrogens is 544 g/mol. The Balaban J connectivity index is 1.85. The first kappa shape index (κ1) is 33.1. The number of hydroxylamine groups is 2. The molecule has 1 aliphatic carbocycles. The fourth-order valence-electron chi connectivity index (χ4n) is 4.96. The predicted molar refractivity (Wildman–Crippen MR) is 130 cm³/mol. The van der Waals surface area contributed by atoms with E-state index in [0.29, 0.717) is 5.06 Å². The van der Waals surface area contributed by atoms with Crippen molar-refractivity contribution < 1.29 is 64.7 Å². The molecule has 2 amide bonds. The SMILES string of the molecule is NCCN(O)C(=O)N[C@@H]1C[C@H](N)[C@@H](O[C@H]2O[C@H](CN)[C@@H](O)[C@H](O)[C@H]2O)[C@H](O)[C@H]1O[C@@H]1O[C@@H](CO)[C@H](O)[C@@H](N)[C@@H]1O. The third-order valence-electron chi connectivity index (χ3n) is 7.32. The fraction of sp³-hybridized carbons (Fsp3) is 0.952. The van der Waals surface area contributed by atoms with E-state index in [0.717, 1.165) is 0 Å². The number of urea groups is 1. The number of aliphatic hydroxyl groups is 7. The van der Waals surface area contributed by atoms with Crippen molar-refractivity contribution in [3.8, 4) is 0 Å². The van der Waals surface area contributed by atoms with Gasteiger partial charge in [-0.25, -0.2) is 9.86 Å². The molecular formula is C21H42N6O13. The van der Waals surface area contributed by atoms with E-state index in [1.165, 1.54) is 0 Å². The van der Waals surface area contributed by atoms with Gasteiger partial charge in [0.25, 0.3) is 0 Å². The third-order valence-corrected chi connectivity index (χ3v) is 7.32. The van der Waals surface area contributed by atoms with Gasteiger partial charge in [0.05, 0.1) is 25.2 Å². The first-order valence-corrected chi connectivity index (χ1v) is 12.8. The van der Waals surface area contributed by atoms with Crippen LogP contribution in [0, 0.1) is 0 Å². The number of hydrogen-bond acceptors (Lipinski definition) is 17. The summed E-state index contributed by atoms with van der Waals surface area (Å²) in [6.45, 7) is -1.21. The maximum atomic E-state index is 12.5. The number of nitrogens with one attached hydrogen (secondary N) is 1. The maximum absolute atomic E-state index is 12.5. The number of carbonyl (C=O) groups is 1. The molecule has 234 valence electrons. The molecule has 0 radical (unpaired) electrons. The second kappa shape index (κ2) is 14.2. The molecule has 0 unspecified atom stereocenters. The molecule has 2 aliphatic heterocycles. The summed E-state index contributed by atoms with van der Waals surface area (Å²) >= 11 is 0. The van der Waals surface area contributed by atoms with E-state index < -0.39 is 104 Å². The molecule has 0 aromatic carbocycles. The Morgan fingerprint density at radius 1 is 0.850 bits per heavy atom. The zero-order valence-corrected chi connectivity index (χ0v) is 21.6. The number of nitrogens with zero attached hydrogens (tertiary/aromatic N) is 1. The zero-order valence-electron chi connectivity index (χ0n) is 21.6. The molecule has 0 bridgehead atoms. The largest absolute Gasteiger partial charge is 0.394 e. The highest BCUT2D eigenvalue weighted by Gasteiger charge is 2.52. The van der Waals surface area contributed by atoms with Gasteiger partial charge in [0.1, 0.15) is 61.0 Å². The van der Waals surface area contributed by atoms with Crippen molar-refractivity contribution in [1.29, 1.82) is 0 Å². The van der Waals surface area contributed by atoms with Gasteiger partial charge in [0, 0.05) is 19.1 Å². The van der Waals surface area contributed by atoms with Crippen molar-refractivity contribution in [3.63, 3.8) is 0 Å². The van der Waals surface area contributed by atoms with Crippen LogP contribution >= 0.6 is 0 Å². The van der Waals surface area contributed by atoms with E-state index in [1.54, 1.807) is 0 Å². The van der Waals surface area contributed by atoms with Crippen molar-refractivity contribution in [3.05, 3.63) is 0 Å². The quantitative estimate of drug-likeness (QED) is 0.0880. The molecule has 1 saturated carbocycles. The van der Waals surface area contributed by atoms with Crippen LogP contribution in [-0.2, 0) is 18.9 Å². The molecule has 2 heterocycles. The lowest BCUT2D eigenvalue weighted by Gasteiger charge is -2.48. The average molecular weight is 587 g/mol. The minimum Gasteiger partial charge on any atom is -0.394 e. The van der Waals surface area contributed by atoms with Crippen LogP contribution in [0.3, 0.4) is 0 Å². The molecule has 3 rings (SSSR count). The van der Waals surface area contributed by atoms with Crippen LogP contribution in [0.5, 0.6) is 0 Å². The Morgan fingerprint density at radius 2 is 1.45 bits per heavy atom. The summed E-state index contributed by atoms with van der Waals surface area (Å²) < 4.78 is 22.5. The first-order valence-electron chi connectivity index (χ1n) is 12.8. The van der Waals surface area contributed by atoms with E-state index in [4.69, 9.17) is 41.9 Å². The Morgan fingerprint density at radius 3 is 2.05 bits per heavy atom. The second-order valence-corrected chi connectivity index (χ2v) is 10.1. The molecule has 15 atom stereocenters. The molecule has 2 saturated heterocycles. The maximum Gasteiger partial charge on any atom is 0.341 e. The molecule has 40 heavy (non-hydrogen) atoms. The molecule has 3 aliphatic rings. The van der Waals surface area contributed by atoms with E-state index in [1.807, 2.05) is 0 Å². The van der Waals surface area contributed by atoms with Crippen LogP contribution in [0.4, 0.5) is 4.79 Å². The van der Waals surface area contributed by atoms with Crippen LogP contribution in [0.25, 0.3) is 0 Å². The number of ether oxygens (including phenoxy) is 4. The Bertz CT molecular complexity index is 817. The van der Waals surface area contributed by atoms with Crippen molar-refractivity contribution in [2.45, 2.75) is 98.2 Å². The van der Waals surface area contributed by atoms with Crippen molar-refractivity contribution in [2.24, 2.45) is 22.9 Å². The Kier molecular flexibility index (Phi) is 11.8. The Hall–Kier alpha value is -1.37. The number of nitrogens with two attached hydrogens (primary N) is 4. The van der Waals surface area contributed by atoms with Crippen molar-refractivity contribution in [1.82, 2.24) is 10.4 Å². The Labute approximate surface area is 229 Å². The van der Waals surface area contributed by atoms with Crippen molar-refractivity contribution >= 4 is 6.03 Å². The molecule has 19 heteroatoms. The number of carbonyl (C=O) groups excluding carboxylic acids is 1. The highest BCUT2D eigenvalue weighted by Crippen LogP contribution is 2.32. The van der Waals surface area contributed by atoms with Crippen molar-refractivity contribution in [2.75, 3.05) is 26.2 Å². The molecule has 19 nitrogen and oxygen atoms in total. The standard InChI is InChI=1S/C21H42N6O13/c22-1-2-27(36)21(35)26-7-3-6(24)17(39-20-15(33)14(32)12(30)8(4-23)37-20)16(34)18(7)40-19-13(31)10(25)11(29)9(5-28)38-19/h6-20,28-34,36H,1-5,22-25H2,(H,26,35)/t6-,7+,8+,9-,10+,11-,12+,13-,14-,15+,16-,17+,18-,19-,20+/m0/s1. The summed E-state index contributed by atoms with van der Waals surface area (Å²) in [6, 6.07) is -4.53. The summed E-state index contributed by atoms with van der Waals surface area (Å²) in [7, 11) is 0. The topological polar surface area (TPSA) is 335 Å². The lowest BCUT2D eigenvalue weighted by Crippen LogP contribution is -2.69. The van der Waals surface area contributed by atoms with Gasteiger partial charge in [-0.05, 0) is 6.42 Å². The summed E-state index contributed by atoms with van der Waals surface area (Å²) in [4.78, 5) is 12.5. The summed E-state index contributed by atoms with van der Waals surface area (Å²) in [6.07, 6.45) is -18.4. The fourth-order valence-corrected chi connectivity index (χ4v) is 4.96. The van der Waals surface area contributed by atoms with Gasteiger partial charge >= 0.3 is 6.03 Å². The van der Waals surface area contributed by atoms with Crippen LogP contribution in [0.2, 0.25) is 0 Å². The van der Waals surface area contributed by atoms with Gasteiger partial charge in [-0.3, -0.25) is 5.21 Å². The predicted octanol–water partition coefficient (Wildman–Crippen LogP) is -7.89. The van der Waals surface area contributed by atoms with E-state index in [-0.39, 0.29) is 26.1 Å². The lowest BCUT2D eigenvalue weighted by atomic mass is 9.83. The summed E-state index contributed by atoms with van der Waals surface area (Å²) in [5, 5.41) is 84.9. The van der Waals surface area contributed by atoms with E-state index in [9.17, 15) is 45.7 Å². The zero-order chi connectivity index (χ0) is 29.9. The number of rotatable bonds is 9.